The van der Waals surface area contributed by atoms with E-state index in [1.807, 2.05) is 5.38 Å². The summed E-state index contributed by atoms with van der Waals surface area (Å²) in [6, 6.07) is -0.626. The summed E-state index contributed by atoms with van der Waals surface area (Å²) in [5.74, 6) is -0.977. The van der Waals surface area contributed by atoms with E-state index in [1.165, 1.54) is 16.2 Å². The first kappa shape index (κ1) is 12.0. The number of hydrogen-bond acceptors (Lipinski definition) is 4. The number of carboxylic acids is 1. The highest BCUT2D eigenvalue weighted by Crippen LogP contribution is 2.19. The van der Waals surface area contributed by atoms with Gasteiger partial charge in [-0.1, -0.05) is 0 Å². The lowest BCUT2D eigenvalue weighted by Crippen LogP contribution is -2.40. The van der Waals surface area contributed by atoms with Crippen LogP contribution in [0.2, 0.25) is 0 Å². The average molecular weight is 254 g/mol. The van der Waals surface area contributed by atoms with Crippen LogP contribution in [0.4, 0.5) is 0 Å². The lowest BCUT2D eigenvalue weighted by Gasteiger charge is -2.21. The number of amides is 1. The number of carbonyl (C=O) groups excluding carboxylic acids is 1. The first-order valence-electron chi connectivity index (χ1n) is 5.59. The van der Waals surface area contributed by atoms with E-state index in [9.17, 15) is 9.59 Å². The van der Waals surface area contributed by atoms with E-state index < -0.39 is 12.0 Å². The van der Waals surface area contributed by atoms with E-state index in [-0.39, 0.29) is 5.91 Å². The second-order valence-corrected chi connectivity index (χ2v) is 4.99. The molecule has 0 saturated carbocycles. The first-order chi connectivity index (χ1) is 8.18. The van der Waals surface area contributed by atoms with Crippen LogP contribution in [-0.2, 0) is 16.0 Å². The molecule has 6 heteroatoms. The van der Waals surface area contributed by atoms with E-state index in [2.05, 4.69) is 4.98 Å². The number of thiazole rings is 1. The minimum Gasteiger partial charge on any atom is -0.480 e. The molecule has 0 spiro atoms. The fourth-order valence-electron chi connectivity index (χ4n) is 2.06. The van der Waals surface area contributed by atoms with E-state index in [0.717, 1.165) is 11.4 Å². The molecule has 0 aromatic carbocycles. The highest BCUT2D eigenvalue weighted by Gasteiger charge is 2.33. The quantitative estimate of drug-likeness (QED) is 0.875. The van der Waals surface area contributed by atoms with Crippen LogP contribution in [0, 0.1) is 0 Å². The molecule has 1 aromatic rings. The van der Waals surface area contributed by atoms with Crippen LogP contribution in [0.25, 0.3) is 0 Å². The summed E-state index contributed by atoms with van der Waals surface area (Å²) >= 11 is 1.52. The highest BCUT2D eigenvalue weighted by atomic mass is 32.1. The molecule has 0 bridgehead atoms. The van der Waals surface area contributed by atoms with Crippen molar-refractivity contribution in [2.45, 2.75) is 31.7 Å². The Morgan fingerprint density at radius 1 is 1.59 bits per heavy atom. The van der Waals surface area contributed by atoms with Crippen LogP contribution in [0.5, 0.6) is 0 Å². The number of aromatic nitrogens is 1. The maximum Gasteiger partial charge on any atom is 0.326 e. The zero-order valence-corrected chi connectivity index (χ0v) is 10.2. The summed E-state index contributed by atoms with van der Waals surface area (Å²) in [7, 11) is 0. The normalized spacial score (nSPS) is 19.5. The lowest BCUT2D eigenvalue weighted by atomic mass is 10.2. The molecule has 0 unspecified atom stereocenters. The largest absolute Gasteiger partial charge is 0.480 e. The predicted molar refractivity (Wildman–Crippen MR) is 62.8 cm³/mol. The Morgan fingerprint density at radius 2 is 2.41 bits per heavy atom. The molecule has 92 valence electrons. The van der Waals surface area contributed by atoms with Gasteiger partial charge in [0.05, 0.1) is 5.01 Å². The molecule has 17 heavy (non-hydrogen) atoms. The molecule has 1 amide bonds. The average Bonchev–Trinajstić information content (AvgIpc) is 2.96. The Labute approximate surface area is 103 Å². The second-order valence-electron chi connectivity index (χ2n) is 4.01. The Morgan fingerprint density at radius 3 is 3.06 bits per heavy atom. The number of aryl methyl sites for hydroxylation is 1. The second kappa shape index (κ2) is 5.27. The topological polar surface area (TPSA) is 70.5 Å². The molecule has 5 nitrogen and oxygen atoms in total. The molecule has 1 aliphatic heterocycles. The van der Waals surface area contributed by atoms with Gasteiger partial charge < -0.3 is 10.0 Å². The predicted octanol–water partition coefficient (Wildman–Crippen LogP) is 1.15. The molecular weight excluding hydrogens is 240 g/mol. The number of likely N-dealkylation sites (tertiary alicyclic amines) is 1. The van der Waals surface area contributed by atoms with Crippen LogP contribution >= 0.6 is 11.3 Å². The Bertz CT molecular complexity index is 405. The van der Waals surface area contributed by atoms with Crippen LogP contribution < -0.4 is 0 Å². The van der Waals surface area contributed by atoms with Gasteiger partial charge >= 0.3 is 5.97 Å². The number of carboxylic acid groups (broad SMARTS) is 1. The molecule has 0 aliphatic carbocycles. The van der Waals surface area contributed by atoms with Crippen molar-refractivity contribution < 1.29 is 14.7 Å². The van der Waals surface area contributed by atoms with E-state index in [4.69, 9.17) is 5.11 Å². The van der Waals surface area contributed by atoms with Crippen molar-refractivity contribution >= 4 is 23.2 Å². The molecule has 1 atom stereocenters. The van der Waals surface area contributed by atoms with Crippen molar-refractivity contribution in [2.75, 3.05) is 6.54 Å². The van der Waals surface area contributed by atoms with Crippen molar-refractivity contribution in [2.24, 2.45) is 0 Å². The van der Waals surface area contributed by atoms with Crippen molar-refractivity contribution in [1.29, 1.82) is 0 Å². The lowest BCUT2D eigenvalue weighted by molar-refractivity contribution is -0.148. The molecule has 0 radical (unpaired) electrons. The fourth-order valence-corrected chi connectivity index (χ4v) is 2.68. The third kappa shape index (κ3) is 2.82. The molecule has 1 fully saturated rings. The van der Waals surface area contributed by atoms with Crippen molar-refractivity contribution in [3.05, 3.63) is 16.6 Å². The van der Waals surface area contributed by atoms with E-state index in [0.29, 0.717) is 25.8 Å². The third-order valence-corrected chi connectivity index (χ3v) is 3.73. The monoisotopic (exact) mass is 254 g/mol. The van der Waals surface area contributed by atoms with Gasteiger partial charge in [-0.15, -0.1) is 11.3 Å². The molecule has 1 aromatic heterocycles. The zero-order chi connectivity index (χ0) is 12.3. The van der Waals surface area contributed by atoms with Crippen LogP contribution in [-0.4, -0.2) is 39.5 Å². The van der Waals surface area contributed by atoms with Gasteiger partial charge in [0.1, 0.15) is 6.04 Å². The molecule has 1 aliphatic rings. The Balaban J connectivity index is 1.89. The van der Waals surface area contributed by atoms with E-state index >= 15 is 0 Å². The molecular formula is C11H14N2O3S. The zero-order valence-electron chi connectivity index (χ0n) is 9.33. The molecule has 1 N–H and O–H groups in total. The van der Waals surface area contributed by atoms with Gasteiger partial charge in [-0.25, -0.2) is 9.78 Å². The smallest absolute Gasteiger partial charge is 0.326 e. The minimum absolute atomic E-state index is 0.0786. The summed E-state index contributed by atoms with van der Waals surface area (Å²) in [4.78, 5) is 28.4. The maximum absolute atomic E-state index is 11.9. The van der Waals surface area contributed by atoms with Crippen molar-refractivity contribution in [3.8, 4) is 0 Å². The van der Waals surface area contributed by atoms with Crippen LogP contribution in [0.3, 0.4) is 0 Å². The van der Waals surface area contributed by atoms with Crippen molar-refractivity contribution in [3.63, 3.8) is 0 Å². The highest BCUT2D eigenvalue weighted by molar-refractivity contribution is 7.09. The molecule has 2 rings (SSSR count). The Kier molecular flexibility index (Phi) is 3.73. The fraction of sp³-hybridized carbons (Fsp3) is 0.545. The van der Waals surface area contributed by atoms with Gasteiger partial charge in [0.2, 0.25) is 5.91 Å². The standard InChI is InChI=1S/C11H14N2O3S/c14-10(4-3-9-12-5-7-17-9)13-6-1-2-8(13)11(15)16/h5,7-8H,1-4,6H2,(H,15,16)/t8-/m1/s1. The van der Waals surface area contributed by atoms with Crippen LogP contribution in [0.15, 0.2) is 11.6 Å². The maximum atomic E-state index is 11.9. The third-order valence-electron chi connectivity index (χ3n) is 2.89. The number of hydrogen-bond donors (Lipinski definition) is 1. The minimum atomic E-state index is -0.898. The summed E-state index contributed by atoms with van der Waals surface area (Å²) < 4.78 is 0. The molecule has 1 saturated heterocycles. The SMILES string of the molecule is O=C(O)[C@H]1CCCN1C(=O)CCc1nccs1. The van der Waals surface area contributed by atoms with Crippen molar-refractivity contribution in [1.82, 2.24) is 9.88 Å². The first-order valence-corrected chi connectivity index (χ1v) is 6.47. The molecule has 2 heterocycles. The van der Waals surface area contributed by atoms with E-state index in [1.54, 1.807) is 6.20 Å². The van der Waals surface area contributed by atoms with Crippen LogP contribution in [0.1, 0.15) is 24.3 Å². The number of aliphatic carboxylic acids is 1. The number of rotatable bonds is 4. The summed E-state index contributed by atoms with van der Waals surface area (Å²) in [5, 5.41) is 11.8. The number of nitrogens with zero attached hydrogens (tertiary/aromatic N) is 2. The number of carbonyl (C=O) groups is 2. The van der Waals surface area contributed by atoms with Gasteiger partial charge in [0, 0.05) is 31.0 Å². The summed E-state index contributed by atoms with van der Waals surface area (Å²) in [6.07, 6.45) is 4.00. The van der Waals surface area contributed by atoms with Gasteiger partial charge in [-0.3, -0.25) is 4.79 Å². The summed E-state index contributed by atoms with van der Waals surface area (Å²) in [6.45, 7) is 0.563. The van der Waals surface area contributed by atoms with Gasteiger partial charge in [0.25, 0.3) is 0 Å². The van der Waals surface area contributed by atoms with Gasteiger partial charge in [0.15, 0.2) is 0 Å². The Hall–Kier alpha value is -1.43. The van der Waals surface area contributed by atoms with Gasteiger partial charge in [-0.05, 0) is 12.8 Å². The summed E-state index contributed by atoms with van der Waals surface area (Å²) in [5.41, 5.74) is 0. The van der Waals surface area contributed by atoms with Gasteiger partial charge in [-0.2, -0.15) is 0 Å².